The summed E-state index contributed by atoms with van der Waals surface area (Å²) in [7, 11) is 0. The van der Waals surface area contributed by atoms with E-state index in [2.05, 4.69) is 10.4 Å². The van der Waals surface area contributed by atoms with Gasteiger partial charge in [-0.15, -0.1) is 0 Å². The van der Waals surface area contributed by atoms with Crippen LogP contribution < -0.4 is 5.32 Å². The molecule has 1 N–H and O–H groups in total. The number of anilines is 1. The fourth-order valence-corrected chi connectivity index (χ4v) is 2.36. The summed E-state index contributed by atoms with van der Waals surface area (Å²) in [5, 5.41) is 17.5. The molecular weight excluding hydrogens is 296 g/mol. The summed E-state index contributed by atoms with van der Waals surface area (Å²) >= 11 is 0. The Morgan fingerprint density at radius 3 is 2.78 bits per heavy atom. The molecule has 23 heavy (non-hydrogen) atoms. The first-order valence-electron chi connectivity index (χ1n) is 7.58. The van der Waals surface area contributed by atoms with Gasteiger partial charge in [-0.1, -0.05) is 25.1 Å². The highest BCUT2D eigenvalue weighted by Crippen LogP contribution is 2.16. The number of hydrogen-bond donors (Lipinski definition) is 1. The number of nitrogens with zero attached hydrogens (tertiary/aromatic N) is 3. The van der Waals surface area contributed by atoms with Crippen LogP contribution in [0, 0.1) is 17.0 Å². The number of para-hydroxylation sites is 1. The smallest absolute Gasteiger partial charge is 0.358 e. The first-order chi connectivity index (χ1) is 11.0. The number of aryl methyl sites for hydroxylation is 3. The molecule has 0 unspecified atom stereocenters. The van der Waals surface area contributed by atoms with Gasteiger partial charge in [0.1, 0.15) is 0 Å². The molecule has 1 aromatic heterocycles. The molecule has 122 valence electrons. The molecule has 0 atom stereocenters. The van der Waals surface area contributed by atoms with Gasteiger partial charge in [0.25, 0.3) is 0 Å². The van der Waals surface area contributed by atoms with Crippen LogP contribution in [0.25, 0.3) is 0 Å². The molecule has 7 nitrogen and oxygen atoms in total. The van der Waals surface area contributed by atoms with Crippen LogP contribution in [0.2, 0.25) is 0 Å². The highest BCUT2D eigenvalue weighted by molar-refractivity contribution is 5.91. The van der Waals surface area contributed by atoms with Crippen LogP contribution in [0.5, 0.6) is 0 Å². The van der Waals surface area contributed by atoms with Crippen molar-refractivity contribution in [3.05, 3.63) is 51.7 Å². The molecule has 2 rings (SSSR count). The highest BCUT2D eigenvalue weighted by atomic mass is 16.6. The number of amides is 1. The predicted molar refractivity (Wildman–Crippen MR) is 87.3 cm³/mol. The van der Waals surface area contributed by atoms with E-state index in [0.717, 1.165) is 17.7 Å². The Kier molecular flexibility index (Phi) is 5.46. The van der Waals surface area contributed by atoms with Crippen LogP contribution in [0.3, 0.4) is 0 Å². The second-order valence-electron chi connectivity index (χ2n) is 5.29. The lowest BCUT2D eigenvalue weighted by atomic mass is 10.1. The lowest BCUT2D eigenvalue weighted by molar-refractivity contribution is -0.389. The molecule has 1 heterocycles. The Morgan fingerprint density at radius 1 is 1.39 bits per heavy atom. The number of carbonyl (C=O) groups is 1. The molecule has 0 saturated heterocycles. The Labute approximate surface area is 134 Å². The molecule has 2 aromatic rings. The second kappa shape index (κ2) is 7.53. The third kappa shape index (κ3) is 4.38. The molecule has 0 aliphatic rings. The van der Waals surface area contributed by atoms with Crippen LogP contribution in [0.15, 0.2) is 30.3 Å². The zero-order valence-electron chi connectivity index (χ0n) is 13.3. The van der Waals surface area contributed by atoms with Crippen molar-refractivity contribution in [2.75, 3.05) is 5.32 Å². The minimum absolute atomic E-state index is 0.0646. The van der Waals surface area contributed by atoms with Gasteiger partial charge in [0.2, 0.25) is 5.91 Å². The van der Waals surface area contributed by atoms with Crippen molar-refractivity contribution in [2.24, 2.45) is 0 Å². The van der Waals surface area contributed by atoms with E-state index >= 15 is 0 Å². The summed E-state index contributed by atoms with van der Waals surface area (Å²) in [6, 6.07) is 9.14. The second-order valence-corrected chi connectivity index (χ2v) is 5.29. The maximum absolute atomic E-state index is 12.0. The normalized spacial score (nSPS) is 10.5. The molecule has 0 radical (unpaired) electrons. The summed E-state index contributed by atoms with van der Waals surface area (Å²) in [4.78, 5) is 22.2. The lowest BCUT2D eigenvalue weighted by Crippen LogP contribution is -2.14. The average Bonchev–Trinajstić information content (AvgIpc) is 2.89. The number of rotatable bonds is 7. The van der Waals surface area contributed by atoms with Gasteiger partial charge in [-0.3, -0.25) is 4.79 Å². The topological polar surface area (TPSA) is 90.1 Å². The number of hydrogen-bond acceptors (Lipinski definition) is 4. The van der Waals surface area contributed by atoms with Gasteiger partial charge in [0.05, 0.1) is 23.4 Å². The fraction of sp³-hybridized carbons (Fsp3) is 0.375. The van der Waals surface area contributed by atoms with E-state index in [9.17, 15) is 14.9 Å². The minimum Gasteiger partial charge on any atom is -0.358 e. The maximum atomic E-state index is 12.0. The van der Waals surface area contributed by atoms with Crippen molar-refractivity contribution in [2.45, 2.75) is 39.7 Å². The van der Waals surface area contributed by atoms with E-state index in [0.29, 0.717) is 25.1 Å². The van der Waals surface area contributed by atoms with Crippen LogP contribution in [0.4, 0.5) is 11.5 Å². The summed E-state index contributed by atoms with van der Waals surface area (Å²) < 4.78 is 1.56. The van der Waals surface area contributed by atoms with E-state index in [4.69, 9.17) is 0 Å². The Morgan fingerprint density at radius 2 is 2.13 bits per heavy atom. The van der Waals surface area contributed by atoms with Gasteiger partial charge in [-0.2, -0.15) is 4.68 Å². The molecular formula is C16H20N4O3. The van der Waals surface area contributed by atoms with E-state index in [1.165, 1.54) is 6.07 Å². The zero-order valence-corrected chi connectivity index (χ0v) is 13.3. The Bertz CT molecular complexity index is 709. The molecule has 0 spiro atoms. The van der Waals surface area contributed by atoms with Gasteiger partial charge in [0, 0.05) is 12.1 Å². The third-order valence-corrected chi connectivity index (χ3v) is 3.60. The van der Waals surface area contributed by atoms with Crippen molar-refractivity contribution in [3.8, 4) is 0 Å². The summed E-state index contributed by atoms with van der Waals surface area (Å²) in [6.07, 6.45) is 1.76. The first kappa shape index (κ1) is 16.7. The maximum Gasteiger partial charge on any atom is 0.390 e. The summed E-state index contributed by atoms with van der Waals surface area (Å²) in [5.74, 6) is -0.228. The molecule has 0 aliphatic carbocycles. The van der Waals surface area contributed by atoms with E-state index < -0.39 is 4.92 Å². The standard InChI is InChI=1S/C16H20N4O3/c1-3-13-7-4-5-8-14(13)17-16(21)9-6-10-19-12(2)11-15(18-19)20(22)23/h4-5,7-8,11H,3,6,9-10H2,1-2H3,(H,17,21). The van der Waals surface area contributed by atoms with Crippen LogP contribution >= 0.6 is 0 Å². The van der Waals surface area contributed by atoms with Crippen molar-refractivity contribution < 1.29 is 9.72 Å². The van der Waals surface area contributed by atoms with Gasteiger partial charge >= 0.3 is 5.82 Å². The molecule has 0 saturated carbocycles. The van der Waals surface area contributed by atoms with Crippen molar-refractivity contribution >= 4 is 17.4 Å². The van der Waals surface area contributed by atoms with Crippen molar-refractivity contribution in [1.82, 2.24) is 9.78 Å². The Balaban J connectivity index is 1.86. The molecule has 0 bridgehead atoms. The van der Waals surface area contributed by atoms with Gasteiger partial charge in [-0.25, -0.2) is 0 Å². The van der Waals surface area contributed by atoms with Crippen molar-refractivity contribution in [1.29, 1.82) is 0 Å². The molecule has 0 aliphatic heterocycles. The Hall–Kier alpha value is -2.70. The van der Waals surface area contributed by atoms with Crippen LogP contribution in [-0.4, -0.2) is 20.6 Å². The molecule has 7 heteroatoms. The predicted octanol–water partition coefficient (Wildman–Crippen LogP) is 3.08. The summed E-state index contributed by atoms with van der Waals surface area (Å²) in [5.41, 5.74) is 2.65. The number of carbonyl (C=O) groups excluding carboxylic acids is 1. The van der Waals surface area contributed by atoms with Crippen LogP contribution in [-0.2, 0) is 17.8 Å². The summed E-state index contributed by atoms with van der Waals surface area (Å²) in [6.45, 7) is 4.28. The molecule has 1 aromatic carbocycles. The highest BCUT2D eigenvalue weighted by Gasteiger charge is 2.15. The van der Waals surface area contributed by atoms with Gasteiger partial charge in [-0.05, 0) is 36.3 Å². The van der Waals surface area contributed by atoms with Gasteiger partial charge < -0.3 is 15.4 Å². The third-order valence-electron chi connectivity index (χ3n) is 3.60. The molecule has 1 amide bonds. The monoisotopic (exact) mass is 316 g/mol. The number of nitro groups is 1. The zero-order chi connectivity index (χ0) is 16.8. The van der Waals surface area contributed by atoms with E-state index in [-0.39, 0.29) is 11.7 Å². The fourth-order valence-electron chi connectivity index (χ4n) is 2.36. The number of nitrogens with one attached hydrogen (secondary N) is 1. The SMILES string of the molecule is CCc1ccccc1NC(=O)CCCn1nc([N+](=O)[O-])cc1C. The van der Waals surface area contributed by atoms with Crippen LogP contribution in [0.1, 0.15) is 31.0 Å². The van der Waals surface area contributed by atoms with Crippen molar-refractivity contribution in [3.63, 3.8) is 0 Å². The lowest BCUT2D eigenvalue weighted by Gasteiger charge is -2.09. The average molecular weight is 316 g/mol. The largest absolute Gasteiger partial charge is 0.390 e. The number of benzene rings is 1. The first-order valence-corrected chi connectivity index (χ1v) is 7.58. The van der Waals surface area contributed by atoms with E-state index in [1.807, 2.05) is 31.2 Å². The molecule has 0 fully saturated rings. The quantitative estimate of drug-likeness (QED) is 0.628. The van der Waals surface area contributed by atoms with E-state index in [1.54, 1.807) is 11.6 Å². The minimum atomic E-state index is -0.516. The number of aromatic nitrogens is 2. The van der Waals surface area contributed by atoms with Gasteiger partial charge in [0.15, 0.2) is 0 Å².